The van der Waals surface area contributed by atoms with E-state index in [1.807, 2.05) is 6.21 Å². The van der Waals surface area contributed by atoms with E-state index in [-0.39, 0.29) is 5.78 Å². The molecule has 2 unspecified atom stereocenters. The fraction of sp³-hybridized carbons (Fsp3) is 0.538. The maximum absolute atomic E-state index is 9.69. The summed E-state index contributed by atoms with van der Waals surface area (Å²) in [7, 11) is 1.71. The Morgan fingerprint density at radius 2 is 1.90 bits per heavy atom. The number of aliphatic imine (C=N–C) groups is 1. The third-order valence-corrected chi connectivity index (χ3v) is 4.86. The largest absolute Gasteiger partial charge is 0.385 e. The predicted octanol–water partition coefficient (Wildman–Crippen LogP) is 7.95. The molecule has 0 aromatic heterocycles. The maximum atomic E-state index is 9.69. The topological polar surface area (TPSA) is 38.7 Å². The van der Waals surface area contributed by atoms with Crippen molar-refractivity contribution in [3.8, 4) is 0 Å². The van der Waals surface area contributed by atoms with Crippen LogP contribution in [0.4, 0.5) is 0 Å². The van der Waals surface area contributed by atoms with E-state index >= 15 is 0 Å². The Labute approximate surface area is 193 Å². The molecule has 1 aliphatic rings. The summed E-state index contributed by atoms with van der Waals surface area (Å²) in [6, 6.07) is 9.08. The highest BCUT2D eigenvalue weighted by molar-refractivity contribution is 9.10. The molecule has 0 aliphatic carbocycles. The van der Waals surface area contributed by atoms with E-state index in [9.17, 15) is 4.79 Å². The zero-order valence-electron chi connectivity index (χ0n) is 20.1. The lowest BCUT2D eigenvalue weighted by atomic mass is 9.99. The van der Waals surface area contributed by atoms with Crippen molar-refractivity contribution in [3.63, 3.8) is 0 Å². The molecule has 0 radical (unpaired) electrons. The summed E-state index contributed by atoms with van der Waals surface area (Å²) in [6.07, 6.45) is 10.2. The predicted molar refractivity (Wildman–Crippen MR) is 137 cm³/mol. The number of carbonyl (C=O) groups is 1. The monoisotopic (exact) mass is 479 g/mol. The van der Waals surface area contributed by atoms with Crippen molar-refractivity contribution in [1.29, 1.82) is 0 Å². The minimum atomic E-state index is 0.0185. The number of allylic oxidation sites excluding steroid dienone is 3. The Hall–Kier alpha value is -1.52. The Balaban J connectivity index is 0. The summed E-state index contributed by atoms with van der Waals surface area (Å²) in [5, 5.41) is 0. The van der Waals surface area contributed by atoms with Gasteiger partial charge in [-0.3, -0.25) is 9.79 Å². The molecule has 1 aromatic carbocycles. The van der Waals surface area contributed by atoms with E-state index < -0.39 is 0 Å². The van der Waals surface area contributed by atoms with Gasteiger partial charge >= 0.3 is 0 Å². The second kappa shape index (κ2) is 20.7. The summed E-state index contributed by atoms with van der Waals surface area (Å²) in [5.74, 6) is 0.702. The standard InChI is InChI=1S/C10H13Br.C8H13N.C4H10O.C4H6O/c1-3-8(2)9-4-6-10(11)7-5-9;1-7-4-3-5-8(2)9-6-7;1-3-4-5-2;1-3-4(2)5/h4-8H,3H2,1-2H3;4,6,8H,3,5H2,1-2H3;3-4H2,1-2H3;3H,1H2,2H3. The number of hydrogen-bond acceptors (Lipinski definition) is 3. The van der Waals surface area contributed by atoms with Crippen LogP contribution >= 0.6 is 15.9 Å². The number of ketones is 1. The van der Waals surface area contributed by atoms with Gasteiger partial charge in [0.15, 0.2) is 5.78 Å². The lowest BCUT2D eigenvalue weighted by molar-refractivity contribution is -0.112. The average Bonchev–Trinajstić information content (AvgIpc) is 2.93. The number of halogens is 1. The minimum absolute atomic E-state index is 0.0185. The van der Waals surface area contributed by atoms with Gasteiger partial charge in [-0.05, 0) is 81.7 Å². The minimum Gasteiger partial charge on any atom is -0.385 e. The molecular formula is C26H42BrNO2. The zero-order chi connectivity index (χ0) is 23.4. The first-order valence-electron chi connectivity index (χ1n) is 10.8. The number of nitrogens with zero attached hydrogens (tertiary/aromatic N) is 1. The molecule has 1 heterocycles. The normalized spacial score (nSPS) is 15.5. The van der Waals surface area contributed by atoms with Crippen LogP contribution in [-0.4, -0.2) is 31.8 Å². The van der Waals surface area contributed by atoms with Gasteiger partial charge in [0, 0.05) is 30.4 Å². The summed E-state index contributed by atoms with van der Waals surface area (Å²) < 4.78 is 5.85. The Kier molecular flexibility index (Phi) is 21.2. The van der Waals surface area contributed by atoms with E-state index in [1.165, 1.54) is 43.4 Å². The van der Waals surface area contributed by atoms with Crippen molar-refractivity contribution in [1.82, 2.24) is 0 Å². The van der Waals surface area contributed by atoms with E-state index in [1.54, 1.807) is 7.11 Å². The highest BCUT2D eigenvalue weighted by atomic mass is 79.9. The summed E-state index contributed by atoms with van der Waals surface area (Å²) >= 11 is 3.42. The molecule has 1 aromatic rings. The number of rotatable bonds is 5. The lowest BCUT2D eigenvalue weighted by Gasteiger charge is -2.07. The molecule has 0 saturated carbocycles. The van der Waals surface area contributed by atoms with E-state index in [2.05, 4.69) is 92.5 Å². The van der Waals surface area contributed by atoms with Crippen molar-refractivity contribution in [2.75, 3.05) is 13.7 Å². The molecule has 0 N–H and O–H groups in total. The van der Waals surface area contributed by atoms with Crippen LogP contribution in [0.5, 0.6) is 0 Å². The SMILES string of the molecule is C=CC(C)=O.CC1=CCCC(C)N=C1.CCC(C)c1ccc(Br)cc1.CCCOC. The van der Waals surface area contributed by atoms with Crippen molar-refractivity contribution in [2.24, 2.45) is 4.99 Å². The Morgan fingerprint density at radius 3 is 2.30 bits per heavy atom. The number of benzene rings is 1. The molecule has 1 aliphatic heterocycles. The second-order valence-corrected chi connectivity index (χ2v) is 8.24. The lowest BCUT2D eigenvalue weighted by Crippen LogP contribution is -1.94. The molecule has 2 rings (SSSR count). The van der Waals surface area contributed by atoms with Crippen LogP contribution in [-0.2, 0) is 9.53 Å². The zero-order valence-corrected chi connectivity index (χ0v) is 21.7. The maximum Gasteiger partial charge on any atom is 0.152 e. The van der Waals surface area contributed by atoms with Gasteiger partial charge in [-0.2, -0.15) is 0 Å². The van der Waals surface area contributed by atoms with Crippen molar-refractivity contribution < 1.29 is 9.53 Å². The Morgan fingerprint density at radius 1 is 1.33 bits per heavy atom. The third kappa shape index (κ3) is 19.8. The van der Waals surface area contributed by atoms with Gasteiger partial charge in [-0.1, -0.05) is 61.5 Å². The highest BCUT2D eigenvalue weighted by Crippen LogP contribution is 2.20. The van der Waals surface area contributed by atoms with Gasteiger partial charge in [0.2, 0.25) is 0 Å². The summed E-state index contributed by atoms with van der Waals surface area (Å²) in [4.78, 5) is 14.0. The van der Waals surface area contributed by atoms with Crippen molar-refractivity contribution in [3.05, 3.63) is 58.6 Å². The van der Waals surface area contributed by atoms with Crippen LogP contribution in [0, 0.1) is 0 Å². The molecule has 170 valence electrons. The van der Waals surface area contributed by atoms with Gasteiger partial charge in [0.25, 0.3) is 0 Å². The second-order valence-electron chi connectivity index (χ2n) is 7.32. The molecule has 4 heteroatoms. The van der Waals surface area contributed by atoms with Gasteiger partial charge in [0.1, 0.15) is 0 Å². The quantitative estimate of drug-likeness (QED) is 0.401. The summed E-state index contributed by atoms with van der Waals surface area (Å²) in [6.45, 7) is 16.4. The fourth-order valence-electron chi connectivity index (χ4n) is 2.16. The van der Waals surface area contributed by atoms with Crippen LogP contribution in [0.2, 0.25) is 0 Å². The van der Waals surface area contributed by atoms with Crippen LogP contribution in [0.3, 0.4) is 0 Å². The molecule has 2 atom stereocenters. The first-order chi connectivity index (χ1) is 14.2. The van der Waals surface area contributed by atoms with Crippen LogP contribution in [0.1, 0.15) is 78.7 Å². The molecule has 0 fully saturated rings. The van der Waals surface area contributed by atoms with Gasteiger partial charge in [0.05, 0.1) is 0 Å². The van der Waals surface area contributed by atoms with E-state index in [4.69, 9.17) is 4.74 Å². The first-order valence-corrected chi connectivity index (χ1v) is 11.6. The third-order valence-electron chi connectivity index (χ3n) is 4.33. The number of carbonyl (C=O) groups excluding carboxylic acids is 1. The Bertz CT molecular complexity index is 618. The van der Waals surface area contributed by atoms with Crippen LogP contribution in [0.15, 0.2) is 58.0 Å². The first kappa shape index (κ1) is 30.7. The molecule has 30 heavy (non-hydrogen) atoms. The van der Waals surface area contributed by atoms with E-state index in [0.717, 1.165) is 17.5 Å². The van der Waals surface area contributed by atoms with Crippen molar-refractivity contribution in [2.45, 2.75) is 79.2 Å². The van der Waals surface area contributed by atoms with Gasteiger partial charge < -0.3 is 4.74 Å². The van der Waals surface area contributed by atoms with Gasteiger partial charge in [-0.25, -0.2) is 0 Å². The van der Waals surface area contributed by atoms with Crippen LogP contribution < -0.4 is 0 Å². The number of hydrogen-bond donors (Lipinski definition) is 0. The molecular weight excluding hydrogens is 438 g/mol. The smallest absolute Gasteiger partial charge is 0.152 e. The number of ether oxygens (including phenoxy) is 1. The molecule has 0 amide bonds. The van der Waals surface area contributed by atoms with E-state index in [0.29, 0.717) is 12.0 Å². The van der Waals surface area contributed by atoms with Gasteiger partial charge in [-0.15, -0.1) is 0 Å². The average molecular weight is 481 g/mol. The van der Waals surface area contributed by atoms with Crippen molar-refractivity contribution >= 4 is 27.9 Å². The molecule has 0 spiro atoms. The van der Waals surface area contributed by atoms with Crippen LogP contribution in [0.25, 0.3) is 0 Å². The highest BCUT2D eigenvalue weighted by Gasteiger charge is 2.00. The molecule has 0 bridgehead atoms. The molecule has 3 nitrogen and oxygen atoms in total. The number of methoxy groups -OCH3 is 1. The molecule has 0 saturated heterocycles. The fourth-order valence-corrected chi connectivity index (χ4v) is 2.42. The summed E-state index contributed by atoms with van der Waals surface area (Å²) in [5.41, 5.74) is 2.73.